The lowest BCUT2D eigenvalue weighted by atomic mass is 9.99. The minimum atomic E-state index is 0.0210. The first kappa shape index (κ1) is 27.9. The molecule has 0 saturated carbocycles. The number of carbonyl (C=O) groups is 2. The SMILES string of the molecule is COc1ccc(-c2ccc(C(=O)N(C)[C@H]3CCN(C(=O)N4CC[C@@H](N(C)CC5CCOCC5)C4)C3)s2)c(C)c1. The minimum absolute atomic E-state index is 0.0210. The van der Waals surface area contributed by atoms with Crippen molar-refractivity contribution in [3.8, 4) is 16.2 Å². The van der Waals surface area contributed by atoms with E-state index in [-0.39, 0.29) is 18.0 Å². The van der Waals surface area contributed by atoms with Crippen molar-refractivity contribution in [1.29, 1.82) is 0 Å². The number of thiophene rings is 1. The maximum Gasteiger partial charge on any atom is 0.320 e. The van der Waals surface area contributed by atoms with Gasteiger partial charge in [0, 0.05) is 63.9 Å². The fourth-order valence-electron chi connectivity index (χ4n) is 6.17. The summed E-state index contributed by atoms with van der Waals surface area (Å²) in [6.07, 6.45) is 4.10. The van der Waals surface area contributed by atoms with Crippen LogP contribution in [0.1, 0.15) is 40.9 Å². The lowest BCUT2D eigenvalue weighted by molar-refractivity contribution is 0.0508. The first-order valence-electron chi connectivity index (χ1n) is 14.2. The standard InChI is InChI=1S/C30H42N4O4S/c1-21-17-25(37-4)5-6-26(21)27-7-8-28(39-27)29(35)32(3)24-10-14-34(20-24)30(36)33-13-9-23(19-33)31(2)18-22-11-15-38-16-12-22/h5-8,17,22-24H,9-16,18-20H2,1-4H3/t23-,24+/m1/s1. The van der Waals surface area contributed by atoms with Gasteiger partial charge in [-0.05, 0) is 87.0 Å². The van der Waals surface area contributed by atoms with E-state index in [9.17, 15) is 9.59 Å². The molecule has 39 heavy (non-hydrogen) atoms. The van der Waals surface area contributed by atoms with Gasteiger partial charge < -0.3 is 29.1 Å². The van der Waals surface area contributed by atoms with Gasteiger partial charge in [0.25, 0.3) is 5.91 Å². The Hall–Kier alpha value is -2.62. The van der Waals surface area contributed by atoms with Crippen LogP contribution in [0.5, 0.6) is 5.75 Å². The summed E-state index contributed by atoms with van der Waals surface area (Å²) < 4.78 is 10.8. The average molecular weight is 555 g/mol. The number of hydrogen-bond donors (Lipinski definition) is 0. The Morgan fingerprint density at radius 2 is 1.69 bits per heavy atom. The summed E-state index contributed by atoms with van der Waals surface area (Å²) in [4.78, 5) is 36.8. The van der Waals surface area contributed by atoms with E-state index in [1.165, 1.54) is 11.3 Å². The third-order valence-corrected chi connectivity index (χ3v) is 9.87. The molecule has 5 rings (SSSR count). The quantitative estimate of drug-likeness (QED) is 0.507. The third kappa shape index (κ3) is 6.26. The van der Waals surface area contributed by atoms with Gasteiger partial charge in [0.1, 0.15) is 5.75 Å². The van der Waals surface area contributed by atoms with Crippen LogP contribution in [-0.4, -0.2) is 111 Å². The molecule has 0 radical (unpaired) electrons. The monoisotopic (exact) mass is 554 g/mol. The fourth-order valence-corrected chi connectivity index (χ4v) is 7.25. The summed E-state index contributed by atoms with van der Waals surface area (Å²) in [7, 11) is 5.74. The second kappa shape index (κ2) is 12.3. The van der Waals surface area contributed by atoms with E-state index in [0.717, 1.165) is 85.2 Å². The molecule has 2 atom stereocenters. The number of amides is 3. The Labute approximate surface area is 236 Å². The second-order valence-corrected chi connectivity index (χ2v) is 12.4. The first-order chi connectivity index (χ1) is 18.8. The van der Waals surface area contributed by atoms with Gasteiger partial charge in [0.2, 0.25) is 0 Å². The molecule has 9 heteroatoms. The van der Waals surface area contributed by atoms with E-state index >= 15 is 0 Å². The molecule has 3 amide bonds. The molecule has 0 bridgehead atoms. The summed E-state index contributed by atoms with van der Waals surface area (Å²) in [6.45, 7) is 7.77. The molecule has 0 spiro atoms. The van der Waals surface area contributed by atoms with Crippen LogP contribution in [-0.2, 0) is 4.74 Å². The van der Waals surface area contributed by atoms with Gasteiger partial charge >= 0.3 is 6.03 Å². The number of rotatable bonds is 7. The van der Waals surface area contributed by atoms with Gasteiger partial charge in [0.05, 0.1) is 18.0 Å². The Bertz CT molecular complexity index is 1160. The molecular formula is C30H42N4O4S. The maximum absolute atomic E-state index is 13.4. The highest BCUT2D eigenvalue weighted by atomic mass is 32.1. The van der Waals surface area contributed by atoms with E-state index in [1.54, 1.807) is 7.11 Å². The number of aryl methyl sites for hydroxylation is 1. The molecular weight excluding hydrogens is 512 g/mol. The summed E-state index contributed by atoms with van der Waals surface area (Å²) >= 11 is 1.52. The molecule has 212 valence electrons. The summed E-state index contributed by atoms with van der Waals surface area (Å²) in [5.41, 5.74) is 2.23. The number of methoxy groups -OCH3 is 1. The van der Waals surface area contributed by atoms with Crippen molar-refractivity contribution in [3.05, 3.63) is 40.8 Å². The molecule has 1 aromatic carbocycles. The van der Waals surface area contributed by atoms with Crippen molar-refractivity contribution in [2.75, 3.05) is 67.1 Å². The number of urea groups is 1. The molecule has 1 aromatic heterocycles. The highest BCUT2D eigenvalue weighted by Crippen LogP contribution is 2.33. The van der Waals surface area contributed by atoms with Gasteiger partial charge in [-0.2, -0.15) is 0 Å². The fraction of sp³-hybridized carbons (Fsp3) is 0.600. The molecule has 3 fully saturated rings. The van der Waals surface area contributed by atoms with Crippen molar-refractivity contribution < 1.29 is 19.1 Å². The number of nitrogens with zero attached hydrogens (tertiary/aromatic N) is 4. The van der Waals surface area contributed by atoms with Crippen molar-refractivity contribution in [3.63, 3.8) is 0 Å². The normalized spacial score (nSPS) is 22.1. The van der Waals surface area contributed by atoms with Gasteiger partial charge in [-0.25, -0.2) is 4.79 Å². The topological polar surface area (TPSA) is 65.6 Å². The zero-order valence-corrected chi connectivity index (χ0v) is 24.5. The highest BCUT2D eigenvalue weighted by molar-refractivity contribution is 7.17. The molecule has 3 saturated heterocycles. The number of likely N-dealkylation sites (N-methyl/N-ethyl adjacent to an activating group) is 2. The van der Waals surface area contributed by atoms with Gasteiger partial charge in [0.15, 0.2) is 0 Å². The van der Waals surface area contributed by atoms with Gasteiger partial charge in [-0.15, -0.1) is 11.3 Å². The van der Waals surface area contributed by atoms with Crippen molar-refractivity contribution in [2.45, 2.75) is 44.7 Å². The summed E-state index contributed by atoms with van der Waals surface area (Å²) in [5.74, 6) is 1.55. The number of ether oxygens (including phenoxy) is 2. The molecule has 3 aliphatic rings. The summed E-state index contributed by atoms with van der Waals surface area (Å²) in [6, 6.07) is 10.5. The Morgan fingerprint density at radius 1 is 1.00 bits per heavy atom. The lowest BCUT2D eigenvalue weighted by Gasteiger charge is -2.31. The van der Waals surface area contributed by atoms with Gasteiger partial charge in [-0.3, -0.25) is 4.79 Å². The van der Waals surface area contributed by atoms with Crippen LogP contribution in [0.4, 0.5) is 4.79 Å². The molecule has 4 heterocycles. The highest BCUT2D eigenvalue weighted by Gasteiger charge is 2.37. The molecule has 0 unspecified atom stereocenters. The van der Waals surface area contributed by atoms with E-state index in [0.29, 0.717) is 25.0 Å². The van der Waals surface area contributed by atoms with Gasteiger partial charge in [-0.1, -0.05) is 0 Å². The van der Waals surface area contributed by atoms with E-state index < -0.39 is 0 Å². The first-order valence-corrected chi connectivity index (χ1v) is 15.0. The Kier molecular flexibility index (Phi) is 8.79. The zero-order valence-electron chi connectivity index (χ0n) is 23.7. The molecule has 2 aromatic rings. The van der Waals surface area contributed by atoms with E-state index in [4.69, 9.17) is 9.47 Å². The summed E-state index contributed by atoms with van der Waals surface area (Å²) in [5, 5.41) is 0. The Morgan fingerprint density at radius 3 is 2.38 bits per heavy atom. The van der Waals surface area contributed by atoms with E-state index in [1.807, 2.05) is 52.1 Å². The van der Waals surface area contributed by atoms with Crippen molar-refractivity contribution in [2.24, 2.45) is 5.92 Å². The smallest absolute Gasteiger partial charge is 0.320 e. The predicted octanol–water partition coefficient (Wildman–Crippen LogP) is 4.43. The van der Waals surface area contributed by atoms with E-state index in [2.05, 4.69) is 18.9 Å². The number of carbonyl (C=O) groups excluding carboxylic acids is 2. The molecule has 8 nitrogen and oxygen atoms in total. The second-order valence-electron chi connectivity index (χ2n) is 11.3. The average Bonchev–Trinajstić information content (AvgIpc) is 3.73. The largest absolute Gasteiger partial charge is 0.497 e. The maximum atomic E-state index is 13.4. The van der Waals surface area contributed by atoms with Crippen molar-refractivity contribution in [1.82, 2.24) is 19.6 Å². The van der Waals surface area contributed by atoms with Crippen LogP contribution >= 0.6 is 11.3 Å². The number of benzene rings is 1. The zero-order chi connectivity index (χ0) is 27.5. The molecule has 0 N–H and O–H groups in total. The number of likely N-dealkylation sites (tertiary alicyclic amines) is 2. The number of hydrogen-bond acceptors (Lipinski definition) is 6. The third-order valence-electron chi connectivity index (χ3n) is 8.76. The van der Waals surface area contributed by atoms with Crippen LogP contribution in [0.3, 0.4) is 0 Å². The predicted molar refractivity (Wildman–Crippen MR) is 155 cm³/mol. The van der Waals surface area contributed by atoms with Crippen molar-refractivity contribution >= 4 is 23.3 Å². The lowest BCUT2D eigenvalue weighted by Crippen LogP contribution is -2.45. The van der Waals surface area contributed by atoms with Crippen LogP contribution in [0, 0.1) is 12.8 Å². The minimum Gasteiger partial charge on any atom is -0.497 e. The molecule has 3 aliphatic heterocycles. The van der Waals surface area contributed by atoms with Crippen LogP contribution in [0.2, 0.25) is 0 Å². The van der Waals surface area contributed by atoms with Crippen LogP contribution in [0.25, 0.3) is 10.4 Å². The Balaban J connectivity index is 1.13. The van der Waals surface area contributed by atoms with Crippen LogP contribution < -0.4 is 4.74 Å². The van der Waals surface area contributed by atoms with Crippen LogP contribution in [0.15, 0.2) is 30.3 Å². The molecule has 0 aliphatic carbocycles.